The van der Waals surface area contributed by atoms with E-state index in [0.717, 1.165) is 18.3 Å². The Hall–Kier alpha value is -0.370. The molecule has 0 aromatic rings. The Balaban J connectivity index is 0.00000288. The van der Waals surface area contributed by atoms with Crippen molar-refractivity contribution in [2.75, 3.05) is 0 Å². The second-order valence-electron chi connectivity index (χ2n) is 10.7. The van der Waals surface area contributed by atoms with Gasteiger partial charge in [0.15, 0.2) is 5.78 Å². The summed E-state index contributed by atoms with van der Waals surface area (Å²) in [5, 5.41) is 3.63. The highest BCUT2D eigenvalue weighted by molar-refractivity contribution is 5.88. The summed E-state index contributed by atoms with van der Waals surface area (Å²) in [5.74, 6) is 2.73. The standard InChI is InChI=1S/C21H39NO.CH4/c1-14-11-16(12-15(2)21(14)9-10-21)13-17(22-20(6,7)8)18(23)19(3,4)5;/h14-17,22H,9-13H2,1-8H3;1H4. The molecule has 0 radical (unpaired) electrons. The highest BCUT2D eigenvalue weighted by Crippen LogP contribution is 2.63. The molecule has 0 bridgehead atoms. The largest absolute Gasteiger partial charge is 0.303 e. The molecule has 2 aliphatic carbocycles. The fourth-order valence-corrected chi connectivity index (χ4v) is 4.98. The Morgan fingerprint density at radius 1 is 1.04 bits per heavy atom. The quantitative estimate of drug-likeness (QED) is 0.697. The molecule has 2 nitrogen and oxygen atoms in total. The van der Waals surface area contributed by atoms with Crippen LogP contribution in [0.5, 0.6) is 0 Å². The molecule has 0 aromatic carbocycles. The summed E-state index contributed by atoms with van der Waals surface area (Å²) >= 11 is 0. The molecule has 3 atom stereocenters. The van der Waals surface area contributed by atoms with Gasteiger partial charge in [-0.05, 0) is 76.0 Å². The van der Waals surface area contributed by atoms with Gasteiger partial charge in [0.25, 0.3) is 0 Å². The number of rotatable bonds is 4. The molecule has 0 amide bonds. The number of carbonyl (C=O) groups excluding carboxylic acids is 1. The Labute approximate surface area is 151 Å². The first kappa shape index (κ1) is 21.7. The van der Waals surface area contributed by atoms with E-state index in [-0.39, 0.29) is 24.4 Å². The predicted molar refractivity (Wildman–Crippen MR) is 105 cm³/mol. The lowest BCUT2D eigenvalue weighted by molar-refractivity contribution is -0.129. The van der Waals surface area contributed by atoms with Gasteiger partial charge in [0.05, 0.1) is 6.04 Å². The van der Waals surface area contributed by atoms with Crippen molar-refractivity contribution in [3.63, 3.8) is 0 Å². The molecule has 24 heavy (non-hydrogen) atoms. The summed E-state index contributed by atoms with van der Waals surface area (Å²) < 4.78 is 0. The van der Waals surface area contributed by atoms with Gasteiger partial charge < -0.3 is 5.32 Å². The lowest BCUT2D eigenvalue weighted by Crippen LogP contribution is -2.52. The monoisotopic (exact) mass is 337 g/mol. The highest BCUT2D eigenvalue weighted by Gasteiger charge is 2.54. The summed E-state index contributed by atoms with van der Waals surface area (Å²) in [7, 11) is 0. The lowest BCUT2D eigenvalue weighted by Gasteiger charge is -2.42. The van der Waals surface area contributed by atoms with E-state index >= 15 is 0 Å². The van der Waals surface area contributed by atoms with E-state index in [1.807, 2.05) is 0 Å². The van der Waals surface area contributed by atoms with Crippen molar-refractivity contribution in [2.45, 2.75) is 107 Å². The second-order valence-corrected chi connectivity index (χ2v) is 10.7. The average molecular weight is 338 g/mol. The molecule has 2 aliphatic rings. The van der Waals surface area contributed by atoms with Crippen LogP contribution in [0.4, 0.5) is 0 Å². The van der Waals surface area contributed by atoms with Crippen LogP contribution in [-0.4, -0.2) is 17.4 Å². The molecule has 1 spiro atoms. The third-order valence-electron chi connectivity index (χ3n) is 6.40. The van der Waals surface area contributed by atoms with Crippen LogP contribution in [-0.2, 0) is 4.79 Å². The van der Waals surface area contributed by atoms with Gasteiger partial charge in [0.1, 0.15) is 0 Å². The molecule has 2 saturated carbocycles. The van der Waals surface area contributed by atoms with Crippen molar-refractivity contribution in [2.24, 2.45) is 28.6 Å². The van der Waals surface area contributed by atoms with Crippen molar-refractivity contribution in [1.82, 2.24) is 5.32 Å². The zero-order chi connectivity index (χ0) is 17.6. The lowest BCUT2D eigenvalue weighted by atomic mass is 9.65. The van der Waals surface area contributed by atoms with Crippen LogP contribution in [0.2, 0.25) is 0 Å². The first-order valence-electron chi connectivity index (χ1n) is 9.67. The molecule has 2 heteroatoms. The van der Waals surface area contributed by atoms with Crippen LogP contribution in [0.15, 0.2) is 0 Å². The number of hydrogen-bond donors (Lipinski definition) is 1. The Kier molecular flexibility index (Phi) is 6.41. The number of nitrogens with one attached hydrogen (secondary N) is 1. The van der Waals surface area contributed by atoms with Gasteiger partial charge in [-0.2, -0.15) is 0 Å². The van der Waals surface area contributed by atoms with Gasteiger partial charge in [0.2, 0.25) is 0 Å². The SMILES string of the molecule is C.CC1CC(CC(NC(C)(C)C)C(=O)C(C)(C)C)CC(C)C12CC2. The van der Waals surface area contributed by atoms with Crippen LogP contribution in [0, 0.1) is 28.6 Å². The van der Waals surface area contributed by atoms with Crippen LogP contribution in [0.3, 0.4) is 0 Å². The molecule has 0 heterocycles. The molecule has 3 unspecified atom stereocenters. The van der Waals surface area contributed by atoms with Crippen molar-refractivity contribution in [3.8, 4) is 0 Å². The van der Waals surface area contributed by atoms with E-state index in [9.17, 15) is 4.79 Å². The summed E-state index contributed by atoms with van der Waals surface area (Å²) in [5.41, 5.74) is 0.374. The maximum atomic E-state index is 13.0. The molecule has 0 aliphatic heterocycles. The zero-order valence-electron chi connectivity index (χ0n) is 16.8. The van der Waals surface area contributed by atoms with Gasteiger partial charge in [-0.25, -0.2) is 0 Å². The molecule has 0 aromatic heterocycles. The molecule has 2 fully saturated rings. The fraction of sp³-hybridized carbons (Fsp3) is 0.955. The Bertz CT molecular complexity index is 422. The van der Waals surface area contributed by atoms with Crippen LogP contribution in [0.1, 0.15) is 94.9 Å². The summed E-state index contributed by atoms with van der Waals surface area (Å²) in [6, 6.07) is -0.00680. The Morgan fingerprint density at radius 3 is 1.83 bits per heavy atom. The number of carbonyl (C=O) groups is 1. The van der Waals surface area contributed by atoms with Crippen molar-refractivity contribution < 1.29 is 4.79 Å². The third-order valence-corrected chi connectivity index (χ3v) is 6.40. The van der Waals surface area contributed by atoms with Gasteiger partial charge in [-0.15, -0.1) is 0 Å². The van der Waals surface area contributed by atoms with E-state index in [1.54, 1.807) is 0 Å². The minimum absolute atomic E-state index is 0. The topological polar surface area (TPSA) is 29.1 Å². The minimum atomic E-state index is -0.271. The summed E-state index contributed by atoms with van der Waals surface area (Å²) in [6.45, 7) is 17.6. The van der Waals surface area contributed by atoms with E-state index < -0.39 is 0 Å². The van der Waals surface area contributed by atoms with E-state index in [1.165, 1.54) is 25.7 Å². The molecular weight excluding hydrogens is 294 g/mol. The van der Waals surface area contributed by atoms with Gasteiger partial charge in [-0.1, -0.05) is 42.0 Å². The zero-order valence-corrected chi connectivity index (χ0v) is 16.8. The molecular formula is C22H43NO. The van der Waals surface area contributed by atoms with Crippen molar-refractivity contribution in [1.29, 1.82) is 0 Å². The summed E-state index contributed by atoms with van der Waals surface area (Å²) in [6.07, 6.45) is 6.51. The van der Waals surface area contributed by atoms with Gasteiger partial charge in [0, 0.05) is 11.0 Å². The number of hydrogen-bond acceptors (Lipinski definition) is 2. The molecule has 142 valence electrons. The normalized spacial score (nSPS) is 30.6. The molecule has 2 rings (SSSR count). The van der Waals surface area contributed by atoms with Crippen molar-refractivity contribution in [3.05, 3.63) is 0 Å². The Morgan fingerprint density at radius 2 is 1.50 bits per heavy atom. The molecule has 0 saturated heterocycles. The van der Waals surface area contributed by atoms with Crippen LogP contribution < -0.4 is 5.32 Å². The van der Waals surface area contributed by atoms with Gasteiger partial charge >= 0.3 is 0 Å². The first-order valence-corrected chi connectivity index (χ1v) is 9.67. The predicted octanol–water partition coefficient (Wildman–Crippen LogP) is 5.85. The maximum absolute atomic E-state index is 13.0. The van der Waals surface area contributed by atoms with E-state index in [4.69, 9.17) is 0 Å². The van der Waals surface area contributed by atoms with Crippen LogP contribution in [0.25, 0.3) is 0 Å². The number of Topliss-reactive ketones (excluding diaryl/α,β-unsaturated/α-hetero) is 1. The molecule has 1 N–H and O–H groups in total. The average Bonchev–Trinajstić information content (AvgIpc) is 3.13. The third kappa shape index (κ3) is 4.84. The fourth-order valence-electron chi connectivity index (χ4n) is 4.98. The van der Waals surface area contributed by atoms with E-state index in [0.29, 0.717) is 17.1 Å². The summed E-state index contributed by atoms with van der Waals surface area (Å²) in [4.78, 5) is 13.0. The highest BCUT2D eigenvalue weighted by atomic mass is 16.1. The first-order chi connectivity index (χ1) is 10.3. The minimum Gasteiger partial charge on any atom is -0.303 e. The van der Waals surface area contributed by atoms with Crippen molar-refractivity contribution >= 4 is 5.78 Å². The second kappa shape index (κ2) is 7.09. The van der Waals surface area contributed by atoms with E-state index in [2.05, 4.69) is 60.7 Å². The maximum Gasteiger partial charge on any atom is 0.155 e. The van der Waals surface area contributed by atoms with Gasteiger partial charge in [-0.3, -0.25) is 4.79 Å². The van der Waals surface area contributed by atoms with Crippen LogP contribution >= 0.6 is 0 Å². The number of ketones is 1. The smallest absolute Gasteiger partial charge is 0.155 e.